The molecule has 0 amide bonds. The highest BCUT2D eigenvalue weighted by atomic mass is 16.7. The van der Waals surface area contributed by atoms with E-state index in [1.165, 1.54) is 0 Å². The van der Waals surface area contributed by atoms with Gasteiger partial charge in [0.05, 0.1) is 0 Å². The van der Waals surface area contributed by atoms with Crippen LogP contribution in [0.2, 0.25) is 0 Å². The predicted octanol–water partition coefficient (Wildman–Crippen LogP) is 2.92. The Kier molecular flexibility index (Phi) is 2.60. The third-order valence-corrected chi connectivity index (χ3v) is 4.91. The number of rotatable bonds is 0. The predicted molar refractivity (Wildman–Crippen MR) is 86.1 cm³/mol. The average molecular weight is 338 g/mol. The molecule has 0 unspecified atom stereocenters. The summed E-state index contributed by atoms with van der Waals surface area (Å²) in [5, 5.41) is 0. The van der Waals surface area contributed by atoms with Gasteiger partial charge in [-0.3, -0.25) is 9.59 Å². The van der Waals surface area contributed by atoms with E-state index in [0.29, 0.717) is 56.4 Å². The second kappa shape index (κ2) is 4.53. The highest BCUT2D eigenvalue weighted by Gasteiger charge is 2.39. The van der Waals surface area contributed by atoms with E-state index in [1.807, 2.05) is 0 Å². The maximum atomic E-state index is 13.2. The van der Waals surface area contributed by atoms with Gasteiger partial charge in [-0.05, 0) is 26.0 Å². The second-order valence-electron chi connectivity index (χ2n) is 6.37. The van der Waals surface area contributed by atoms with Crippen molar-refractivity contribution in [3.8, 4) is 23.0 Å². The molecule has 1 aliphatic carbocycles. The van der Waals surface area contributed by atoms with Crippen LogP contribution in [0.15, 0.2) is 12.1 Å². The summed E-state index contributed by atoms with van der Waals surface area (Å²) in [6.07, 6.45) is -0.450. The number of hydrogen-bond donors (Lipinski definition) is 0. The fourth-order valence-corrected chi connectivity index (χ4v) is 3.74. The van der Waals surface area contributed by atoms with Gasteiger partial charge in [0.1, 0.15) is 0 Å². The zero-order chi connectivity index (χ0) is 17.5. The molecule has 0 fully saturated rings. The van der Waals surface area contributed by atoms with E-state index in [9.17, 15) is 9.59 Å². The number of ketones is 2. The molecule has 0 aromatic heterocycles. The fourth-order valence-electron chi connectivity index (χ4n) is 3.74. The third kappa shape index (κ3) is 1.68. The Morgan fingerprint density at radius 2 is 1.28 bits per heavy atom. The van der Waals surface area contributed by atoms with E-state index in [1.54, 1.807) is 32.9 Å². The molecular formula is C19H14O6. The van der Waals surface area contributed by atoms with E-state index in [4.69, 9.17) is 18.9 Å². The zero-order valence-electron chi connectivity index (χ0n) is 13.9. The number of fused-ring (bicyclic) bond motifs is 4. The van der Waals surface area contributed by atoms with Crippen molar-refractivity contribution in [2.24, 2.45) is 0 Å². The molecule has 6 heteroatoms. The molecule has 3 aliphatic rings. The largest absolute Gasteiger partial charge is 0.454 e. The summed E-state index contributed by atoms with van der Waals surface area (Å²) in [5.41, 5.74) is 2.67. The van der Waals surface area contributed by atoms with Gasteiger partial charge in [-0.15, -0.1) is 0 Å². The van der Waals surface area contributed by atoms with E-state index in [2.05, 4.69) is 0 Å². The Morgan fingerprint density at radius 3 is 1.72 bits per heavy atom. The van der Waals surface area contributed by atoms with Gasteiger partial charge in [0.25, 0.3) is 0 Å². The summed E-state index contributed by atoms with van der Waals surface area (Å²) in [6, 6.07) is 3.17. The number of hydrogen-bond acceptors (Lipinski definition) is 6. The molecule has 6 nitrogen and oxygen atoms in total. The Bertz CT molecular complexity index is 926. The number of carbonyl (C=O) groups is 2. The minimum Gasteiger partial charge on any atom is -0.454 e. The molecule has 126 valence electrons. The maximum Gasteiger partial charge on any atom is 0.238 e. The summed E-state index contributed by atoms with van der Waals surface area (Å²) in [5.74, 6) is 1.60. The van der Waals surface area contributed by atoms with Crippen LogP contribution < -0.4 is 18.9 Å². The highest BCUT2D eigenvalue weighted by Crippen LogP contribution is 2.48. The molecule has 0 bridgehead atoms. The topological polar surface area (TPSA) is 71.1 Å². The lowest BCUT2D eigenvalue weighted by Gasteiger charge is -2.22. The van der Waals surface area contributed by atoms with Crippen molar-refractivity contribution in [3.05, 3.63) is 45.5 Å². The standard InChI is InChI=1S/C19H14O6/c1-7-14-15(8(2)19-18(7)24-9(3)25-19)17(21)11-5-13-12(22-6-23-13)4-10(11)16(14)20/h4-5,9H,6H2,1-3H3. The highest BCUT2D eigenvalue weighted by molar-refractivity contribution is 6.30. The molecule has 0 spiro atoms. The second-order valence-corrected chi connectivity index (χ2v) is 6.37. The van der Waals surface area contributed by atoms with Crippen molar-refractivity contribution in [1.29, 1.82) is 0 Å². The first-order valence-electron chi connectivity index (χ1n) is 8.01. The molecule has 2 aromatic carbocycles. The maximum absolute atomic E-state index is 13.2. The first kappa shape index (κ1) is 14.3. The normalized spacial score (nSPS) is 16.9. The molecule has 0 atom stereocenters. The molecule has 2 aromatic rings. The summed E-state index contributed by atoms with van der Waals surface area (Å²) in [6.45, 7) is 5.41. The molecule has 0 N–H and O–H groups in total. The van der Waals surface area contributed by atoms with Crippen LogP contribution in [0, 0.1) is 13.8 Å². The number of benzene rings is 2. The van der Waals surface area contributed by atoms with Gasteiger partial charge in [-0.1, -0.05) is 0 Å². The molecule has 5 rings (SSSR count). The van der Waals surface area contributed by atoms with Crippen molar-refractivity contribution in [1.82, 2.24) is 0 Å². The van der Waals surface area contributed by atoms with Crippen LogP contribution in [0.5, 0.6) is 23.0 Å². The summed E-state index contributed by atoms with van der Waals surface area (Å²) >= 11 is 0. The Hall–Kier alpha value is -3.02. The molecule has 2 aliphatic heterocycles. The van der Waals surface area contributed by atoms with E-state index in [0.717, 1.165) is 0 Å². The molecular weight excluding hydrogens is 324 g/mol. The number of carbonyl (C=O) groups excluding carboxylic acids is 2. The Morgan fingerprint density at radius 1 is 0.840 bits per heavy atom. The van der Waals surface area contributed by atoms with Crippen molar-refractivity contribution in [3.63, 3.8) is 0 Å². The van der Waals surface area contributed by atoms with Crippen LogP contribution in [0.4, 0.5) is 0 Å². The van der Waals surface area contributed by atoms with Crippen LogP contribution in [0.1, 0.15) is 49.9 Å². The van der Waals surface area contributed by atoms with Crippen LogP contribution >= 0.6 is 0 Å². The smallest absolute Gasteiger partial charge is 0.238 e. The van der Waals surface area contributed by atoms with E-state index < -0.39 is 6.29 Å². The molecule has 0 saturated heterocycles. The van der Waals surface area contributed by atoms with Crippen LogP contribution in [0.3, 0.4) is 0 Å². The lowest BCUT2D eigenvalue weighted by Crippen LogP contribution is -2.23. The van der Waals surface area contributed by atoms with Gasteiger partial charge in [0, 0.05) is 40.3 Å². The van der Waals surface area contributed by atoms with Crippen LogP contribution in [-0.4, -0.2) is 24.6 Å². The van der Waals surface area contributed by atoms with Gasteiger partial charge in [0.2, 0.25) is 13.1 Å². The number of ether oxygens (including phenoxy) is 4. The SMILES string of the molecule is Cc1c2c(c(C)c3c1C(=O)c1cc4c(cc1C3=O)OCO4)OC(C)O2. The van der Waals surface area contributed by atoms with Crippen molar-refractivity contribution >= 4 is 11.6 Å². The summed E-state index contributed by atoms with van der Waals surface area (Å²) < 4.78 is 22.1. The van der Waals surface area contributed by atoms with Crippen molar-refractivity contribution < 1.29 is 28.5 Å². The Balaban J connectivity index is 1.81. The Labute approximate surface area is 143 Å². The van der Waals surface area contributed by atoms with Crippen LogP contribution in [-0.2, 0) is 0 Å². The molecule has 25 heavy (non-hydrogen) atoms. The van der Waals surface area contributed by atoms with Gasteiger partial charge in [-0.2, -0.15) is 0 Å². The molecule has 0 saturated carbocycles. The van der Waals surface area contributed by atoms with E-state index >= 15 is 0 Å². The lowest BCUT2D eigenvalue weighted by atomic mass is 9.79. The molecule has 2 heterocycles. The minimum absolute atomic E-state index is 0.0828. The fraction of sp³-hybridized carbons (Fsp3) is 0.263. The van der Waals surface area contributed by atoms with E-state index in [-0.39, 0.29) is 18.4 Å². The van der Waals surface area contributed by atoms with Crippen LogP contribution in [0.25, 0.3) is 0 Å². The zero-order valence-corrected chi connectivity index (χ0v) is 13.9. The first-order valence-corrected chi connectivity index (χ1v) is 8.01. The monoisotopic (exact) mass is 338 g/mol. The van der Waals surface area contributed by atoms with Crippen molar-refractivity contribution in [2.45, 2.75) is 27.1 Å². The van der Waals surface area contributed by atoms with Gasteiger partial charge in [-0.25, -0.2) is 0 Å². The van der Waals surface area contributed by atoms with Gasteiger partial charge >= 0.3 is 0 Å². The van der Waals surface area contributed by atoms with Gasteiger partial charge < -0.3 is 18.9 Å². The quantitative estimate of drug-likeness (QED) is 0.628. The first-order chi connectivity index (χ1) is 12.0. The van der Waals surface area contributed by atoms with Crippen molar-refractivity contribution in [2.75, 3.05) is 6.79 Å². The summed E-state index contributed by atoms with van der Waals surface area (Å²) in [4.78, 5) is 26.3. The third-order valence-electron chi connectivity index (χ3n) is 4.91. The summed E-state index contributed by atoms with van der Waals surface area (Å²) in [7, 11) is 0. The minimum atomic E-state index is -0.450. The van der Waals surface area contributed by atoms with Gasteiger partial charge in [0.15, 0.2) is 34.6 Å². The molecule has 0 radical (unpaired) electrons. The lowest BCUT2D eigenvalue weighted by molar-refractivity contribution is 0.0670. The average Bonchev–Trinajstić information content (AvgIpc) is 3.20.